The summed E-state index contributed by atoms with van der Waals surface area (Å²) in [4.78, 5) is 14.5. The van der Waals surface area contributed by atoms with Crippen LogP contribution >= 0.6 is 0 Å². The van der Waals surface area contributed by atoms with Crippen LogP contribution in [0.3, 0.4) is 0 Å². The average Bonchev–Trinajstić information content (AvgIpc) is 3.00. The molecule has 1 unspecified atom stereocenters. The highest BCUT2D eigenvalue weighted by molar-refractivity contribution is 5.30. The van der Waals surface area contributed by atoms with E-state index in [0.717, 1.165) is 30.8 Å². The second-order valence-electron chi connectivity index (χ2n) is 7.07. The molecular weight excluding hydrogens is 276 g/mol. The topological polar surface area (TPSA) is 45.5 Å². The number of hydrogen-bond acceptors (Lipinski definition) is 3. The first-order valence-corrected chi connectivity index (χ1v) is 8.76. The van der Waals surface area contributed by atoms with Gasteiger partial charge in [0.25, 0.3) is 0 Å². The summed E-state index contributed by atoms with van der Waals surface area (Å²) in [6.45, 7) is 6.01. The monoisotopic (exact) mass is 304 g/mol. The largest absolute Gasteiger partial charge is 0.503 e. The van der Waals surface area contributed by atoms with Crippen molar-refractivity contribution in [2.75, 3.05) is 6.54 Å². The molecule has 22 heavy (non-hydrogen) atoms. The summed E-state index contributed by atoms with van der Waals surface area (Å²) in [6.07, 6.45) is 8.52. The van der Waals surface area contributed by atoms with E-state index < -0.39 is 0 Å². The molecule has 0 aromatic carbocycles. The lowest BCUT2D eigenvalue weighted by Crippen LogP contribution is -2.38. The van der Waals surface area contributed by atoms with Crippen molar-refractivity contribution in [3.8, 4) is 5.75 Å². The molecule has 0 bridgehead atoms. The Morgan fingerprint density at radius 2 is 1.86 bits per heavy atom. The Labute approximate surface area is 132 Å². The number of likely N-dealkylation sites (tertiary alicyclic amines) is 1. The van der Waals surface area contributed by atoms with Crippen molar-refractivity contribution in [2.24, 2.45) is 0 Å². The van der Waals surface area contributed by atoms with Crippen LogP contribution in [0.1, 0.15) is 69.3 Å². The van der Waals surface area contributed by atoms with E-state index in [1.165, 1.54) is 32.1 Å². The van der Waals surface area contributed by atoms with Crippen molar-refractivity contribution in [3.63, 3.8) is 0 Å². The first-order chi connectivity index (χ1) is 10.6. The van der Waals surface area contributed by atoms with Crippen LogP contribution in [0.4, 0.5) is 0 Å². The molecule has 1 aliphatic carbocycles. The molecule has 1 saturated heterocycles. The molecule has 2 fully saturated rings. The minimum atomic E-state index is -0.230. The molecule has 3 rings (SSSR count). The number of aryl methyl sites for hydroxylation is 1. The fourth-order valence-electron chi connectivity index (χ4n) is 4.20. The second kappa shape index (κ2) is 6.45. The maximum Gasteiger partial charge on any atom is 0.223 e. The van der Waals surface area contributed by atoms with Gasteiger partial charge in [0.15, 0.2) is 5.75 Å². The first kappa shape index (κ1) is 15.6. The molecule has 1 saturated carbocycles. The average molecular weight is 304 g/mol. The first-order valence-electron chi connectivity index (χ1n) is 8.76. The predicted molar refractivity (Wildman–Crippen MR) is 88.3 cm³/mol. The van der Waals surface area contributed by atoms with Gasteiger partial charge < -0.3 is 9.67 Å². The molecule has 0 spiro atoms. The summed E-state index contributed by atoms with van der Waals surface area (Å²) in [5.74, 6) is -0.0322. The normalized spacial score (nSPS) is 24.0. The van der Waals surface area contributed by atoms with Crippen molar-refractivity contribution < 1.29 is 5.11 Å². The molecule has 4 heteroatoms. The fourth-order valence-corrected chi connectivity index (χ4v) is 4.20. The van der Waals surface area contributed by atoms with Gasteiger partial charge in [-0.3, -0.25) is 9.69 Å². The Bertz CT molecular complexity index is 587. The number of nitrogens with zero attached hydrogens (tertiary/aromatic N) is 2. The van der Waals surface area contributed by atoms with Gasteiger partial charge in [0, 0.05) is 30.4 Å². The highest BCUT2D eigenvalue weighted by atomic mass is 16.3. The van der Waals surface area contributed by atoms with Crippen LogP contribution in [0.15, 0.2) is 10.9 Å². The number of aromatic hydroxyl groups is 1. The zero-order chi connectivity index (χ0) is 15.7. The molecule has 1 aromatic heterocycles. The molecule has 2 aliphatic rings. The molecule has 2 heterocycles. The van der Waals surface area contributed by atoms with E-state index in [2.05, 4.69) is 16.4 Å². The maximum atomic E-state index is 12.1. The Morgan fingerprint density at radius 3 is 2.55 bits per heavy atom. The van der Waals surface area contributed by atoms with E-state index in [-0.39, 0.29) is 11.2 Å². The van der Waals surface area contributed by atoms with Gasteiger partial charge in [-0.15, -0.1) is 0 Å². The number of hydrogen-bond donors (Lipinski definition) is 1. The van der Waals surface area contributed by atoms with E-state index in [0.29, 0.717) is 18.6 Å². The van der Waals surface area contributed by atoms with Crippen LogP contribution in [0.25, 0.3) is 0 Å². The highest BCUT2D eigenvalue weighted by Gasteiger charge is 2.26. The Hall–Kier alpha value is -1.29. The van der Waals surface area contributed by atoms with E-state index in [1.54, 1.807) is 6.07 Å². The van der Waals surface area contributed by atoms with Gasteiger partial charge in [-0.25, -0.2) is 0 Å². The second-order valence-corrected chi connectivity index (χ2v) is 7.07. The Morgan fingerprint density at radius 1 is 1.18 bits per heavy atom. The summed E-state index contributed by atoms with van der Waals surface area (Å²) >= 11 is 0. The molecule has 1 atom stereocenters. The lowest BCUT2D eigenvalue weighted by molar-refractivity contribution is 0.145. The zero-order valence-corrected chi connectivity index (χ0v) is 13.8. The van der Waals surface area contributed by atoms with Crippen molar-refractivity contribution in [1.82, 2.24) is 9.47 Å². The molecule has 1 aromatic rings. The van der Waals surface area contributed by atoms with Gasteiger partial charge in [-0.1, -0.05) is 19.3 Å². The number of pyridine rings is 1. The summed E-state index contributed by atoms with van der Waals surface area (Å²) in [7, 11) is 0. The number of aromatic nitrogens is 1. The lowest BCUT2D eigenvalue weighted by Gasteiger charge is -2.35. The fraction of sp³-hybridized carbons (Fsp3) is 0.722. The van der Waals surface area contributed by atoms with Gasteiger partial charge in [0.2, 0.25) is 5.43 Å². The summed E-state index contributed by atoms with van der Waals surface area (Å²) in [5.41, 5.74) is 1.60. The van der Waals surface area contributed by atoms with Crippen LogP contribution in [0.2, 0.25) is 0 Å². The standard InChI is InChI=1S/C18H28N2O2/c1-13-7-5-6-10-19(13)12-16-18(22)17(21)11-14(2)20(16)15-8-3-4-9-15/h11,13,15,22H,3-10,12H2,1-2H3. The quantitative estimate of drug-likeness (QED) is 0.931. The van der Waals surface area contributed by atoms with Crippen molar-refractivity contribution in [2.45, 2.75) is 77.4 Å². The van der Waals surface area contributed by atoms with Gasteiger partial charge in [-0.05, 0) is 46.1 Å². The molecular formula is C18H28N2O2. The summed E-state index contributed by atoms with van der Waals surface area (Å²) < 4.78 is 2.26. The Balaban J connectivity index is 1.98. The van der Waals surface area contributed by atoms with Crippen molar-refractivity contribution in [3.05, 3.63) is 27.7 Å². The highest BCUT2D eigenvalue weighted by Crippen LogP contribution is 2.34. The maximum absolute atomic E-state index is 12.1. The Kier molecular flexibility index (Phi) is 4.57. The van der Waals surface area contributed by atoms with Crippen LogP contribution in [-0.2, 0) is 6.54 Å². The predicted octanol–water partition coefficient (Wildman–Crippen LogP) is 3.35. The zero-order valence-electron chi connectivity index (χ0n) is 13.8. The van der Waals surface area contributed by atoms with Crippen molar-refractivity contribution >= 4 is 0 Å². The molecule has 4 nitrogen and oxygen atoms in total. The minimum absolute atomic E-state index is 0.0322. The minimum Gasteiger partial charge on any atom is -0.503 e. The van der Waals surface area contributed by atoms with Gasteiger partial charge in [0.05, 0.1) is 5.69 Å². The molecule has 0 amide bonds. The third-order valence-electron chi connectivity index (χ3n) is 5.50. The SMILES string of the molecule is Cc1cc(=O)c(O)c(CN2CCCCC2C)n1C1CCCC1. The third-order valence-corrected chi connectivity index (χ3v) is 5.50. The third kappa shape index (κ3) is 2.94. The van der Waals surface area contributed by atoms with Gasteiger partial charge in [-0.2, -0.15) is 0 Å². The summed E-state index contributed by atoms with van der Waals surface area (Å²) in [6, 6.07) is 2.57. The van der Waals surface area contributed by atoms with E-state index in [1.807, 2.05) is 6.92 Å². The molecule has 122 valence electrons. The molecule has 1 aliphatic heterocycles. The number of rotatable bonds is 3. The molecule has 1 N–H and O–H groups in total. The molecule has 0 radical (unpaired) electrons. The lowest BCUT2D eigenvalue weighted by atomic mass is 10.0. The summed E-state index contributed by atoms with van der Waals surface area (Å²) in [5, 5.41) is 10.4. The van der Waals surface area contributed by atoms with Crippen LogP contribution in [-0.4, -0.2) is 27.2 Å². The van der Waals surface area contributed by atoms with E-state index >= 15 is 0 Å². The van der Waals surface area contributed by atoms with Gasteiger partial charge >= 0.3 is 0 Å². The van der Waals surface area contributed by atoms with Crippen LogP contribution in [0.5, 0.6) is 5.75 Å². The van der Waals surface area contributed by atoms with Crippen LogP contribution < -0.4 is 5.43 Å². The van der Waals surface area contributed by atoms with E-state index in [4.69, 9.17) is 0 Å². The van der Waals surface area contributed by atoms with Gasteiger partial charge in [0.1, 0.15) is 0 Å². The smallest absolute Gasteiger partial charge is 0.223 e. The number of piperidine rings is 1. The van der Waals surface area contributed by atoms with Crippen LogP contribution in [0, 0.1) is 6.92 Å². The van der Waals surface area contributed by atoms with Crippen molar-refractivity contribution in [1.29, 1.82) is 0 Å². The van der Waals surface area contributed by atoms with E-state index in [9.17, 15) is 9.90 Å².